The first-order chi connectivity index (χ1) is 10.1. The second-order valence-corrected chi connectivity index (χ2v) is 7.29. The molecule has 2 aliphatic rings. The minimum absolute atomic E-state index is 0.439. The van der Waals surface area contributed by atoms with Crippen LogP contribution in [0.15, 0.2) is 0 Å². The van der Waals surface area contributed by atoms with Crippen molar-refractivity contribution in [1.82, 2.24) is 4.90 Å². The van der Waals surface area contributed by atoms with Crippen molar-refractivity contribution < 1.29 is 9.90 Å². The number of aliphatic carboxylic acids is 1. The van der Waals surface area contributed by atoms with Crippen LogP contribution in [0.3, 0.4) is 0 Å². The molecule has 2 fully saturated rings. The number of rotatable bonds is 5. The van der Waals surface area contributed by atoms with Crippen molar-refractivity contribution in [3.8, 4) is 0 Å². The first kappa shape index (κ1) is 16.8. The van der Waals surface area contributed by atoms with Gasteiger partial charge in [0.1, 0.15) is 0 Å². The number of carboxylic acid groups (broad SMARTS) is 1. The van der Waals surface area contributed by atoms with E-state index in [0.717, 1.165) is 44.3 Å². The minimum atomic E-state index is -0.575. The van der Waals surface area contributed by atoms with E-state index in [1.165, 1.54) is 44.9 Å². The van der Waals surface area contributed by atoms with E-state index in [-0.39, 0.29) is 0 Å². The Morgan fingerprint density at radius 1 is 1.14 bits per heavy atom. The molecule has 0 aromatic carbocycles. The molecular weight excluding hydrogens is 262 g/mol. The minimum Gasteiger partial charge on any atom is -0.481 e. The summed E-state index contributed by atoms with van der Waals surface area (Å²) in [6, 6.07) is 0.718. The Morgan fingerprint density at radius 2 is 1.86 bits per heavy atom. The molecule has 1 heterocycles. The van der Waals surface area contributed by atoms with Crippen molar-refractivity contribution >= 4 is 5.97 Å². The zero-order valence-corrected chi connectivity index (χ0v) is 13.9. The molecule has 1 saturated heterocycles. The largest absolute Gasteiger partial charge is 0.481 e. The van der Waals surface area contributed by atoms with Gasteiger partial charge in [0.15, 0.2) is 0 Å². The van der Waals surface area contributed by atoms with Gasteiger partial charge in [0, 0.05) is 6.04 Å². The topological polar surface area (TPSA) is 40.5 Å². The molecule has 1 N–H and O–H groups in total. The molecule has 0 radical (unpaired) electrons. The van der Waals surface area contributed by atoms with Gasteiger partial charge < -0.3 is 10.0 Å². The molecular formula is C18H33NO2. The quantitative estimate of drug-likeness (QED) is 0.768. The van der Waals surface area contributed by atoms with Crippen LogP contribution in [0.25, 0.3) is 0 Å². The normalized spacial score (nSPS) is 30.8. The highest BCUT2D eigenvalue weighted by molar-refractivity contribution is 5.74. The molecule has 1 aliphatic carbocycles. The van der Waals surface area contributed by atoms with Crippen molar-refractivity contribution in [2.75, 3.05) is 13.1 Å². The summed E-state index contributed by atoms with van der Waals surface area (Å²) in [6.45, 7) is 6.31. The van der Waals surface area contributed by atoms with Crippen molar-refractivity contribution in [3.63, 3.8) is 0 Å². The van der Waals surface area contributed by atoms with Gasteiger partial charge in [-0.05, 0) is 57.5 Å². The van der Waals surface area contributed by atoms with Gasteiger partial charge in [0.25, 0.3) is 0 Å². The van der Waals surface area contributed by atoms with Crippen molar-refractivity contribution in [2.24, 2.45) is 11.3 Å². The molecule has 2 unspecified atom stereocenters. The summed E-state index contributed by atoms with van der Waals surface area (Å²) < 4.78 is 0. The summed E-state index contributed by atoms with van der Waals surface area (Å²) in [4.78, 5) is 14.1. The van der Waals surface area contributed by atoms with Crippen molar-refractivity contribution in [1.29, 1.82) is 0 Å². The highest BCUT2D eigenvalue weighted by Crippen LogP contribution is 2.37. The molecule has 0 aromatic heterocycles. The Kier molecular flexibility index (Phi) is 6.09. The Morgan fingerprint density at radius 3 is 2.43 bits per heavy atom. The van der Waals surface area contributed by atoms with Gasteiger partial charge >= 0.3 is 5.97 Å². The van der Waals surface area contributed by atoms with E-state index in [0.29, 0.717) is 0 Å². The fraction of sp³-hybridized carbons (Fsp3) is 0.944. The van der Waals surface area contributed by atoms with E-state index in [2.05, 4.69) is 11.8 Å². The van der Waals surface area contributed by atoms with E-state index >= 15 is 0 Å². The van der Waals surface area contributed by atoms with Crippen LogP contribution < -0.4 is 0 Å². The van der Waals surface area contributed by atoms with Crippen LogP contribution in [0.1, 0.15) is 78.1 Å². The van der Waals surface area contributed by atoms with E-state index in [4.69, 9.17) is 0 Å². The maximum absolute atomic E-state index is 11.5. The fourth-order valence-electron chi connectivity index (χ4n) is 4.46. The van der Waals surface area contributed by atoms with Gasteiger partial charge in [-0.2, -0.15) is 0 Å². The third-order valence-electron chi connectivity index (χ3n) is 6.16. The molecule has 0 bridgehead atoms. The van der Waals surface area contributed by atoms with Crippen molar-refractivity contribution in [2.45, 2.75) is 84.1 Å². The van der Waals surface area contributed by atoms with Crippen LogP contribution in [0.5, 0.6) is 0 Å². The monoisotopic (exact) mass is 295 g/mol. The van der Waals surface area contributed by atoms with Crippen LogP contribution >= 0.6 is 0 Å². The standard InChI is InChI=1S/C18H33NO2/c1-3-6-15-7-5-8-16(10-9-15)19-13-11-18(4-2,12-14-19)17(20)21/h15-16H,3-14H2,1-2H3,(H,20,21). The fourth-order valence-corrected chi connectivity index (χ4v) is 4.46. The molecule has 3 nitrogen and oxygen atoms in total. The van der Waals surface area contributed by atoms with Gasteiger partial charge in [-0.25, -0.2) is 0 Å². The van der Waals surface area contributed by atoms with Gasteiger partial charge in [-0.3, -0.25) is 4.79 Å². The molecule has 0 spiro atoms. The predicted octanol–water partition coefficient (Wildman–Crippen LogP) is 4.31. The lowest BCUT2D eigenvalue weighted by molar-refractivity contribution is -0.152. The van der Waals surface area contributed by atoms with E-state index in [9.17, 15) is 9.90 Å². The molecule has 1 aliphatic heterocycles. The number of carboxylic acids is 1. The maximum Gasteiger partial charge on any atom is 0.309 e. The van der Waals surface area contributed by atoms with E-state index in [1.54, 1.807) is 0 Å². The zero-order chi connectivity index (χ0) is 15.3. The van der Waals surface area contributed by atoms with Crippen LogP contribution in [-0.4, -0.2) is 35.1 Å². The summed E-state index contributed by atoms with van der Waals surface area (Å²) in [7, 11) is 0. The SMILES string of the molecule is CCCC1CCCC(N2CCC(CC)(C(=O)O)CC2)CC1. The average molecular weight is 295 g/mol. The Balaban J connectivity index is 1.86. The first-order valence-corrected chi connectivity index (χ1v) is 9.08. The number of carbonyl (C=O) groups is 1. The van der Waals surface area contributed by atoms with Gasteiger partial charge in [-0.1, -0.05) is 39.5 Å². The number of hydrogen-bond donors (Lipinski definition) is 1. The lowest BCUT2D eigenvalue weighted by Crippen LogP contribution is -2.47. The van der Waals surface area contributed by atoms with Crippen LogP contribution in [0.4, 0.5) is 0 Å². The van der Waals surface area contributed by atoms with E-state index < -0.39 is 11.4 Å². The highest BCUT2D eigenvalue weighted by Gasteiger charge is 2.41. The third-order valence-corrected chi connectivity index (χ3v) is 6.16. The second-order valence-electron chi connectivity index (χ2n) is 7.29. The Bertz CT molecular complexity index is 334. The van der Waals surface area contributed by atoms with Gasteiger partial charge in [0.05, 0.1) is 5.41 Å². The molecule has 21 heavy (non-hydrogen) atoms. The third kappa shape index (κ3) is 4.00. The van der Waals surface area contributed by atoms with E-state index in [1.807, 2.05) is 6.92 Å². The number of likely N-dealkylation sites (tertiary alicyclic amines) is 1. The van der Waals surface area contributed by atoms with Gasteiger partial charge in [-0.15, -0.1) is 0 Å². The Hall–Kier alpha value is -0.570. The molecule has 3 heteroatoms. The smallest absolute Gasteiger partial charge is 0.309 e. The van der Waals surface area contributed by atoms with Crippen LogP contribution in [0, 0.1) is 11.3 Å². The summed E-state index contributed by atoms with van der Waals surface area (Å²) in [5, 5.41) is 9.51. The lowest BCUT2D eigenvalue weighted by Gasteiger charge is -2.41. The molecule has 122 valence electrons. The molecule has 1 saturated carbocycles. The molecule has 2 atom stereocenters. The zero-order valence-electron chi connectivity index (χ0n) is 13.9. The summed E-state index contributed by atoms with van der Waals surface area (Å²) >= 11 is 0. The molecule has 2 rings (SSSR count). The van der Waals surface area contributed by atoms with Crippen LogP contribution in [-0.2, 0) is 4.79 Å². The highest BCUT2D eigenvalue weighted by atomic mass is 16.4. The van der Waals surface area contributed by atoms with Crippen molar-refractivity contribution in [3.05, 3.63) is 0 Å². The summed E-state index contributed by atoms with van der Waals surface area (Å²) in [5.74, 6) is 0.368. The second kappa shape index (κ2) is 7.62. The average Bonchev–Trinajstić information content (AvgIpc) is 2.73. The Labute approximate surface area is 130 Å². The summed E-state index contributed by atoms with van der Waals surface area (Å²) in [6.07, 6.45) is 12.0. The summed E-state index contributed by atoms with van der Waals surface area (Å²) in [5.41, 5.74) is -0.439. The van der Waals surface area contributed by atoms with Gasteiger partial charge in [0.2, 0.25) is 0 Å². The maximum atomic E-state index is 11.5. The molecule has 0 amide bonds. The molecule has 0 aromatic rings. The first-order valence-electron chi connectivity index (χ1n) is 9.08. The predicted molar refractivity (Wildman–Crippen MR) is 86.4 cm³/mol. The number of nitrogens with zero attached hydrogens (tertiary/aromatic N) is 1. The number of hydrogen-bond acceptors (Lipinski definition) is 2. The number of piperidine rings is 1. The lowest BCUT2D eigenvalue weighted by atomic mass is 9.76. The van der Waals surface area contributed by atoms with Crippen LogP contribution in [0.2, 0.25) is 0 Å².